The normalized spacial score (nSPS) is 26.8. The summed E-state index contributed by atoms with van der Waals surface area (Å²) in [6, 6.07) is 6.52. The molecule has 2 rings (SSSR count). The van der Waals surface area contributed by atoms with E-state index in [-0.39, 0.29) is 0 Å². The molecular formula is C16H25NO2. The maximum atomic E-state index is 5.30. The van der Waals surface area contributed by atoms with Gasteiger partial charge in [-0.25, -0.2) is 0 Å². The molecule has 3 nitrogen and oxygen atoms in total. The van der Waals surface area contributed by atoms with E-state index in [0.29, 0.717) is 6.04 Å². The fraction of sp³-hybridized carbons (Fsp3) is 0.625. The second kappa shape index (κ2) is 6.18. The van der Waals surface area contributed by atoms with Crippen LogP contribution in [-0.4, -0.2) is 20.3 Å². The van der Waals surface area contributed by atoms with Gasteiger partial charge in [-0.05, 0) is 31.1 Å². The van der Waals surface area contributed by atoms with Crippen LogP contribution in [0.1, 0.15) is 33.1 Å². The van der Waals surface area contributed by atoms with Crippen LogP contribution in [0.25, 0.3) is 0 Å². The van der Waals surface area contributed by atoms with Gasteiger partial charge in [-0.3, -0.25) is 0 Å². The average molecular weight is 263 g/mol. The number of hydrogen-bond acceptors (Lipinski definition) is 3. The first-order chi connectivity index (χ1) is 9.12. The van der Waals surface area contributed by atoms with Crippen molar-refractivity contribution in [2.75, 3.05) is 19.5 Å². The summed E-state index contributed by atoms with van der Waals surface area (Å²) < 4.78 is 10.6. The fourth-order valence-electron chi connectivity index (χ4n) is 2.81. The van der Waals surface area contributed by atoms with Crippen LogP contribution in [0.15, 0.2) is 18.2 Å². The topological polar surface area (TPSA) is 30.5 Å². The van der Waals surface area contributed by atoms with E-state index in [4.69, 9.17) is 9.47 Å². The van der Waals surface area contributed by atoms with Crippen LogP contribution >= 0.6 is 0 Å². The molecule has 0 aromatic heterocycles. The van der Waals surface area contributed by atoms with Crippen molar-refractivity contribution >= 4 is 5.69 Å². The van der Waals surface area contributed by atoms with E-state index in [1.54, 1.807) is 14.2 Å². The maximum Gasteiger partial charge on any atom is 0.124 e. The smallest absolute Gasteiger partial charge is 0.124 e. The van der Waals surface area contributed by atoms with Crippen molar-refractivity contribution in [1.82, 2.24) is 0 Å². The fourth-order valence-corrected chi connectivity index (χ4v) is 2.81. The molecule has 0 aliphatic heterocycles. The SMILES string of the molecule is COc1cc(NC2CCC(C)C(C)C2)cc(OC)c1. The van der Waals surface area contributed by atoms with Crippen molar-refractivity contribution in [3.8, 4) is 11.5 Å². The highest BCUT2D eigenvalue weighted by molar-refractivity contribution is 5.54. The summed E-state index contributed by atoms with van der Waals surface area (Å²) in [5.74, 6) is 3.30. The summed E-state index contributed by atoms with van der Waals surface area (Å²) in [4.78, 5) is 0. The first kappa shape index (κ1) is 14.0. The third-order valence-corrected chi connectivity index (χ3v) is 4.32. The molecule has 3 atom stereocenters. The number of anilines is 1. The number of hydrogen-bond donors (Lipinski definition) is 1. The first-order valence-electron chi connectivity index (χ1n) is 7.12. The molecule has 0 saturated heterocycles. The highest BCUT2D eigenvalue weighted by atomic mass is 16.5. The van der Waals surface area contributed by atoms with Gasteiger partial charge >= 0.3 is 0 Å². The predicted molar refractivity (Wildman–Crippen MR) is 79.1 cm³/mol. The van der Waals surface area contributed by atoms with Crippen LogP contribution in [0.2, 0.25) is 0 Å². The Labute approximate surface area is 116 Å². The molecule has 1 saturated carbocycles. The minimum absolute atomic E-state index is 0.558. The lowest BCUT2D eigenvalue weighted by Crippen LogP contribution is -2.30. The van der Waals surface area contributed by atoms with Crippen LogP contribution in [-0.2, 0) is 0 Å². The van der Waals surface area contributed by atoms with Crippen LogP contribution in [0.3, 0.4) is 0 Å². The number of rotatable bonds is 4. The average Bonchev–Trinajstić information content (AvgIpc) is 2.42. The molecule has 0 amide bonds. The van der Waals surface area contributed by atoms with Gasteiger partial charge in [0.15, 0.2) is 0 Å². The van der Waals surface area contributed by atoms with Crippen molar-refractivity contribution in [3.05, 3.63) is 18.2 Å². The second-order valence-corrected chi connectivity index (χ2v) is 5.71. The Hall–Kier alpha value is -1.38. The molecular weight excluding hydrogens is 238 g/mol. The Morgan fingerprint density at radius 1 is 0.947 bits per heavy atom. The lowest BCUT2D eigenvalue weighted by Gasteiger charge is -2.33. The van der Waals surface area contributed by atoms with Crippen LogP contribution in [0.5, 0.6) is 11.5 Å². The summed E-state index contributed by atoms with van der Waals surface area (Å²) >= 11 is 0. The van der Waals surface area contributed by atoms with E-state index in [1.807, 2.05) is 18.2 Å². The molecule has 106 valence electrons. The van der Waals surface area contributed by atoms with E-state index < -0.39 is 0 Å². The molecule has 1 N–H and O–H groups in total. The summed E-state index contributed by atoms with van der Waals surface area (Å²) in [5, 5.41) is 3.62. The molecule has 1 aromatic rings. The lowest BCUT2D eigenvalue weighted by atomic mass is 9.79. The van der Waals surface area contributed by atoms with Crippen molar-refractivity contribution in [3.63, 3.8) is 0 Å². The van der Waals surface area contributed by atoms with Crippen molar-refractivity contribution in [2.24, 2.45) is 11.8 Å². The molecule has 0 bridgehead atoms. The second-order valence-electron chi connectivity index (χ2n) is 5.71. The van der Waals surface area contributed by atoms with Gasteiger partial charge in [0.2, 0.25) is 0 Å². The Morgan fingerprint density at radius 2 is 1.58 bits per heavy atom. The van der Waals surface area contributed by atoms with E-state index in [2.05, 4.69) is 19.2 Å². The van der Waals surface area contributed by atoms with E-state index in [0.717, 1.165) is 29.0 Å². The maximum absolute atomic E-state index is 5.30. The molecule has 3 heteroatoms. The summed E-state index contributed by atoms with van der Waals surface area (Å²) in [6.45, 7) is 4.71. The first-order valence-corrected chi connectivity index (χ1v) is 7.12. The number of ether oxygens (including phenoxy) is 2. The third kappa shape index (κ3) is 3.55. The number of benzene rings is 1. The van der Waals surface area contributed by atoms with E-state index in [1.165, 1.54) is 19.3 Å². The predicted octanol–water partition coefficient (Wildman–Crippen LogP) is 3.94. The standard InChI is InChI=1S/C16H25NO2/c1-11-5-6-13(7-12(11)2)17-14-8-15(18-3)10-16(9-14)19-4/h8-13,17H,5-7H2,1-4H3. The van der Waals surface area contributed by atoms with Crippen LogP contribution in [0.4, 0.5) is 5.69 Å². The van der Waals surface area contributed by atoms with Gasteiger partial charge in [0.1, 0.15) is 11.5 Å². The third-order valence-electron chi connectivity index (χ3n) is 4.32. The monoisotopic (exact) mass is 263 g/mol. The number of methoxy groups -OCH3 is 2. The Kier molecular flexibility index (Phi) is 4.56. The Bertz CT molecular complexity index is 397. The van der Waals surface area contributed by atoms with E-state index >= 15 is 0 Å². The van der Waals surface area contributed by atoms with Gasteiger partial charge in [-0.1, -0.05) is 13.8 Å². The zero-order chi connectivity index (χ0) is 13.8. The largest absolute Gasteiger partial charge is 0.497 e. The lowest BCUT2D eigenvalue weighted by molar-refractivity contribution is 0.261. The van der Waals surface area contributed by atoms with Gasteiger partial charge in [0.05, 0.1) is 14.2 Å². The Balaban J connectivity index is 2.06. The minimum Gasteiger partial charge on any atom is -0.497 e. The highest BCUT2D eigenvalue weighted by Gasteiger charge is 2.24. The molecule has 1 aliphatic carbocycles. The zero-order valence-corrected chi connectivity index (χ0v) is 12.4. The van der Waals surface area contributed by atoms with Crippen LogP contribution < -0.4 is 14.8 Å². The molecule has 0 heterocycles. The summed E-state index contributed by atoms with van der Waals surface area (Å²) in [7, 11) is 3.37. The van der Waals surface area contributed by atoms with E-state index in [9.17, 15) is 0 Å². The quantitative estimate of drug-likeness (QED) is 0.892. The molecule has 0 radical (unpaired) electrons. The van der Waals surface area contributed by atoms with Crippen LogP contribution in [0, 0.1) is 11.8 Å². The van der Waals surface area contributed by atoms with Gasteiger partial charge in [-0.2, -0.15) is 0 Å². The van der Waals surface area contributed by atoms with Crippen molar-refractivity contribution in [2.45, 2.75) is 39.2 Å². The minimum atomic E-state index is 0.558. The van der Waals surface area contributed by atoms with Gasteiger partial charge < -0.3 is 14.8 Å². The molecule has 1 aromatic carbocycles. The molecule has 3 unspecified atom stereocenters. The summed E-state index contributed by atoms with van der Waals surface area (Å²) in [6.07, 6.45) is 3.78. The molecule has 0 spiro atoms. The molecule has 1 aliphatic rings. The van der Waals surface area contributed by atoms with Crippen molar-refractivity contribution in [1.29, 1.82) is 0 Å². The molecule has 19 heavy (non-hydrogen) atoms. The van der Waals surface area contributed by atoms with Gasteiger partial charge in [-0.15, -0.1) is 0 Å². The zero-order valence-electron chi connectivity index (χ0n) is 12.4. The van der Waals surface area contributed by atoms with Gasteiger partial charge in [0, 0.05) is 29.9 Å². The van der Waals surface area contributed by atoms with Gasteiger partial charge in [0.25, 0.3) is 0 Å². The number of nitrogens with one attached hydrogen (secondary N) is 1. The molecule has 1 fully saturated rings. The van der Waals surface area contributed by atoms with Crippen molar-refractivity contribution < 1.29 is 9.47 Å². The summed E-state index contributed by atoms with van der Waals surface area (Å²) in [5.41, 5.74) is 1.09. The Morgan fingerprint density at radius 3 is 2.11 bits per heavy atom. The highest BCUT2D eigenvalue weighted by Crippen LogP contribution is 2.32.